The van der Waals surface area contributed by atoms with E-state index in [-0.39, 0.29) is 23.8 Å². The summed E-state index contributed by atoms with van der Waals surface area (Å²) in [5.41, 5.74) is 0. The smallest absolute Gasteiger partial charge is 0.306 e. The summed E-state index contributed by atoms with van der Waals surface area (Å²) in [6.07, 6.45) is 2.40. The molecule has 1 saturated carbocycles. The number of hydrogen-bond donors (Lipinski definition) is 0. The molecule has 0 aromatic rings. The fourth-order valence-corrected chi connectivity index (χ4v) is 1.85. The zero-order chi connectivity index (χ0) is 7.84. The Bertz CT molecular complexity index is 207. The van der Waals surface area contributed by atoms with Crippen molar-refractivity contribution in [1.29, 1.82) is 0 Å². The van der Waals surface area contributed by atoms with Crippen LogP contribution in [0.3, 0.4) is 0 Å². The first-order valence-corrected chi connectivity index (χ1v) is 3.97. The monoisotopic (exact) mass is 154 g/mol. The van der Waals surface area contributed by atoms with Crippen molar-refractivity contribution in [3.8, 4) is 0 Å². The highest BCUT2D eigenvalue weighted by molar-refractivity contribution is 5.82. The number of carbonyl (C=O) groups excluding carboxylic acids is 2. The van der Waals surface area contributed by atoms with Crippen molar-refractivity contribution in [2.24, 2.45) is 5.92 Å². The lowest BCUT2D eigenvalue weighted by Crippen LogP contribution is -2.25. The molecule has 60 valence electrons. The highest BCUT2D eigenvalue weighted by Crippen LogP contribution is 2.32. The summed E-state index contributed by atoms with van der Waals surface area (Å²) >= 11 is 0. The van der Waals surface area contributed by atoms with Crippen LogP contribution in [0.5, 0.6) is 0 Å². The van der Waals surface area contributed by atoms with Gasteiger partial charge in [-0.05, 0) is 6.42 Å². The van der Waals surface area contributed by atoms with Crippen LogP contribution >= 0.6 is 0 Å². The van der Waals surface area contributed by atoms with Crippen molar-refractivity contribution in [2.75, 3.05) is 0 Å². The van der Waals surface area contributed by atoms with E-state index in [9.17, 15) is 9.59 Å². The highest BCUT2D eigenvalue weighted by Gasteiger charge is 2.38. The minimum atomic E-state index is -0.130. The van der Waals surface area contributed by atoms with Crippen LogP contribution in [0, 0.1) is 5.92 Å². The highest BCUT2D eigenvalue weighted by atomic mass is 16.5. The molecule has 2 rings (SSSR count). The Labute approximate surface area is 64.7 Å². The van der Waals surface area contributed by atoms with E-state index in [1.807, 2.05) is 0 Å². The average molecular weight is 154 g/mol. The number of Topliss-reactive ketones (excluding diaryl/α,β-unsaturated/α-hetero) is 1. The van der Waals surface area contributed by atoms with Gasteiger partial charge in [0.2, 0.25) is 0 Å². The van der Waals surface area contributed by atoms with Gasteiger partial charge in [0.15, 0.2) is 0 Å². The first-order chi connectivity index (χ1) is 5.25. The van der Waals surface area contributed by atoms with E-state index in [1.165, 1.54) is 0 Å². The molecule has 3 nitrogen and oxygen atoms in total. The van der Waals surface area contributed by atoms with Gasteiger partial charge in [-0.2, -0.15) is 0 Å². The second-order valence-corrected chi connectivity index (χ2v) is 3.27. The van der Waals surface area contributed by atoms with Gasteiger partial charge in [-0.15, -0.1) is 0 Å². The van der Waals surface area contributed by atoms with Crippen LogP contribution in [-0.2, 0) is 14.3 Å². The third-order valence-electron chi connectivity index (χ3n) is 2.44. The summed E-state index contributed by atoms with van der Waals surface area (Å²) in [7, 11) is 0. The normalized spacial score (nSPS) is 36.7. The van der Waals surface area contributed by atoms with Crippen LogP contribution in [0.2, 0.25) is 0 Å². The van der Waals surface area contributed by atoms with E-state index in [4.69, 9.17) is 4.74 Å². The summed E-state index contributed by atoms with van der Waals surface area (Å²) in [4.78, 5) is 21.7. The van der Waals surface area contributed by atoms with Crippen molar-refractivity contribution in [3.63, 3.8) is 0 Å². The molecule has 0 spiro atoms. The van der Waals surface area contributed by atoms with Gasteiger partial charge < -0.3 is 4.74 Å². The van der Waals surface area contributed by atoms with Crippen LogP contribution < -0.4 is 0 Å². The SMILES string of the molecule is O=C1CC[C@@H]2OC(=O)C[C@@H]2C1. The summed E-state index contributed by atoms with van der Waals surface area (Å²) in [6.45, 7) is 0. The Kier molecular flexibility index (Phi) is 1.44. The van der Waals surface area contributed by atoms with Gasteiger partial charge in [0.1, 0.15) is 11.9 Å². The molecule has 2 aliphatic rings. The summed E-state index contributed by atoms with van der Waals surface area (Å²) in [5, 5.41) is 0. The molecule has 0 amide bonds. The van der Waals surface area contributed by atoms with E-state index in [0.717, 1.165) is 6.42 Å². The summed E-state index contributed by atoms with van der Waals surface area (Å²) < 4.78 is 5.02. The Morgan fingerprint density at radius 3 is 2.91 bits per heavy atom. The lowest BCUT2D eigenvalue weighted by atomic mass is 9.85. The van der Waals surface area contributed by atoms with Crippen molar-refractivity contribution in [2.45, 2.75) is 31.8 Å². The molecule has 0 N–H and O–H groups in total. The van der Waals surface area contributed by atoms with Gasteiger partial charge in [0, 0.05) is 18.8 Å². The molecule has 1 heterocycles. The molecule has 0 aromatic carbocycles. The Hall–Kier alpha value is -0.860. The van der Waals surface area contributed by atoms with Crippen LogP contribution in [-0.4, -0.2) is 17.9 Å². The number of rotatable bonds is 0. The quantitative estimate of drug-likeness (QED) is 0.482. The molecule has 0 aromatic heterocycles. The standard InChI is InChI=1S/C8H10O3/c9-6-1-2-7-5(3-6)4-8(10)11-7/h5,7H,1-4H2/t5-,7-/m0/s1. The van der Waals surface area contributed by atoms with Crippen LogP contribution in [0.1, 0.15) is 25.7 Å². The van der Waals surface area contributed by atoms with Crippen molar-refractivity contribution < 1.29 is 14.3 Å². The van der Waals surface area contributed by atoms with E-state index in [1.54, 1.807) is 0 Å². The third kappa shape index (κ3) is 1.15. The van der Waals surface area contributed by atoms with Crippen LogP contribution in [0.4, 0.5) is 0 Å². The molecule has 1 aliphatic carbocycles. The first kappa shape index (κ1) is 6.83. The Morgan fingerprint density at radius 2 is 2.09 bits per heavy atom. The van der Waals surface area contributed by atoms with E-state index in [0.29, 0.717) is 19.3 Å². The van der Waals surface area contributed by atoms with Crippen molar-refractivity contribution >= 4 is 11.8 Å². The maximum Gasteiger partial charge on any atom is 0.306 e. The molecule has 2 atom stereocenters. The predicted molar refractivity (Wildman–Crippen MR) is 36.8 cm³/mol. The summed E-state index contributed by atoms with van der Waals surface area (Å²) in [6, 6.07) is 0. The van der Waals surface area contributed by atoms with Crippen molar-refractivity contribution in [1.82, 2.24) is 0 Å². The van der Waals surface area contributed by atoms with Crippen molar-refractivity contribution in [3.05, 3.63) is 0 Å². The third-order valence-corrected chi connectivity index (χ3v) is 2.44. The minimum absolute atomic E-state index is 0.0557. The first-order valence-electron chi connectivity index (χ1n) is 3.97. The molecular formula is C8H10O3. The number of hydrogen-bond acceptors (Lipinski definition) is 3. The number of esters is 1. The van der Waals surface area contributed by atoms with E-state index >= 15 is 0 Å². The van der Waals surface area contributed by atoms with Gasteiger partial charge in [0.05, 0.1) is 6.42 Å². The summed E-state index contributed by atoms with van der Waals surface area (Å²) in [5.74, 6) is 0.350. The van der Waals surface area contributed by atoms with Gasteiger partial charge in [-0.25, -0.2) is 0 Å². The maximum absolute atomic E-state index is 10.9. The van der Waals surface area contributed by atoms with Gasteiger partial charge in [-0.3, -0.25) is 9.59 Å². The van der Waals surface area contributed by atoms with Gasteiger partial charge in [0.25, 0.3) is 0 Å². The fourth-order valence-electron chi connectivity index (χ4n) is 1.85. The molecule has 1 saturated heterocycles. The molecule has 2 fully saturated rings. The number of fused-ring (bicyclic) bond motifs is 1. The minimum Gasteiger partial charge on any atom is -0.462 e. The zero-order valence-corrected chi connectivity index (χ0v) is 6.21. The molecule has 0 unspecified atom stereocenters. The molecule has 0 radical (unpaired) electrons. The largest absolute Gasteiger partial charge is 0.462 e. The van der Waals surface area contributed by atoms with Gasteiger partial charge in [-0.1, -0.05) is 0 Å². The second-order valence-electron chi connectivity index (χ2n) is 3.27. The van der Waals surface area contributed by atoms with E-state index < -0.39 is 0 Å². The Morgan fingerprint density at radius 1 is 1.27 bits per heavy atom. The molecule has 1 aliphatic heterocycles. The molecule has 3 heteroatoms. The molecular weight excluding hydrogens is 144 g/mol. The zero-order valence-electron chi connectivity index (χ0n) is 6.21. The fraction of sp³-hybridized carbons (Fsp3) is 0.750. The number of ketones is 1. The topological polar surface area (TPSA) is 43.4 Å². The predicted octanol–water partition coefficient (Wildman–Crippen LogP) is 0.671. The second kappa shape index (κ2) is 2.32. The van der Waals surface area contributed by atoms with E-state index in [2.05, 4.69) is 0 Å². The lowest BCUT2D eigenvalue weighted by Gasteiger charge is -2.21. The van der Waals surface area contributed by atoms with Crippen LogP contribution in [0.15, 0.2) is 0 Å². The lowest BCUT2D eigenvalue weighted by molar-refractivity contribution is -0.143. The molecule has 0 bridgehead atoms. The number of ether oxygens (including phenoxy) is 1. The van der Waals surface area contributed by atoms with Gasteiger partial charge >= 0.3 is 5.97 Å². The van der Waals surface area contributed by atoms with Crippen LogP contribution in [0.25, 0.3) is 0 Å². The number of carbonyl (C=O) groups is 2. The average Bonchev–Trinajstić information content (AvgIpc) is 2.27. The molecule has 11 heavy (non-hydrogen) atoms. The maximum atomic E-state index is 10.9. The Balaban J connectivity index is 2.08.